The van der Waals surface area contributed by atoms with Crippen LogP contribution in [-0.2, 0) is 6.54 Å². The van der Waals surface area contributed by atoms with Crippen molar-refractivity contribution < 1.29 is 0 Å². The number of rotatable bonds is 5. The molecule has 0 bridgehead atoms. The Kier molecular flexibility index (Phi) is 5.40. The minimum absolute atomic E-state index is 0.273. The van der Waals surface area contributed by atoms with Gasteiger partial charge in [-0.3, -0.25) is 0 Å². The van der Waals surface area contributed by atoms with Crippen molar-refractivity contribution in [1.29, 1.82) is 0 Å². The minimum Gasteiger partial charge on any atom is -0.380 e. The van der Waals surface area contributed by atoms with Gasteiger partial charge < -0.3 is 10.3 Å². The van der Waals surface area contributed by atoms with Crippen LogP contribution in [0.15, 0.2) is 101 Å². The molecule has 6 heteroatoms. The summed E-state index contributed by atoms with van der Waals surface area (Å²) in [7, 11) is 0. The van der Waals surface area contributed by atoms with Crippen LogP contribution < -0.4 is 5.73 Å². The highest BCUT2D eigenvalue weighted by Gasteiger charge is 2.08. The average molecular weight is 438 g/mol. The van der Waals surface area contributed by atoms with Crippen molar-refractivity contribution >= 4 is 45.5 Å². The van der Waals surface area contributed by atoms with Crippen LogP contribution in [0.1, 0.15) is 16.8 Å². The summed E-state index contributed by atoms with van der Waals surface area (Å²) in [6, 6.07) is 27.8. The fourth-order valence-corrected chi connectivity index (χ4v) is 3.97. The van der Waals surface area contributed by atoms with E-state index in [9.17, 15) is 0 Å². The van der Waals surface area contributed by atoms with Crippen molar-refractivity contribution in [3.05, 3.63) is 113 Å². The lowest BCUT2D eigenvalue weighted by Crippen LogP contribution is -2.14. The number of amidine groups is 1. The van der Waals surface area contributed by atoms with Gasteiger partial charge in [-0.25, -0.2) is 4.98 Å². The van der Waals surface area contributed by atoms with E-state index >= 15 is 0 Å². The third-order valence-electron chi connectivity index (χ3n) is 5.28. The molecule has 5 rings (SSSR count). The lowest BCUT2D eigenvalue weighted by molar-refractivity contribution is 0.836. The van der Waals surface area contributed by atoms with Crippen molar-refractivity contribution in [2.24, 2.45) is 15.9 Å². The first kappa shape index (κ1) is 20.0. The van der Waals surface area contributed by atoms with E-state index in [0.29, 0.717) is 12.2 Å². The Morgan fingerprint density at radius 3 is 2.72 bits per heavy atom. The van der Waals surface area contributed by atoms with E-state index in [2.05, 4.69) is 44.1 Å². The summed E-state index contributed by atoms with van der Waals surface area (Å²) in [5.41, 5.74) is 10.8. The highest BCUT2D eigenvalue weighted by Crippen LogP contribution is 2.22. The van der Waals surface area contributed by atoms with Crippen molar-refractivity contribution in [3.63, 3.8) is 0 Å². The van der Waals surface area contributed by atoms with Crippen molar-refractivity contribution in [3.8, 4) is 0 Å². The van der Waals surface area contributed by atoms with Crippen LogP contribution in [0.25, 0.3) is 21.8 Å². The number of hydrogen-bond acceptors (Lipinski definition) is 3. The molecule has 0 saturated heterocycles. The summed E-state index contributed by atoms with van der Waals surface area (Å²) in [5, 5.41) is 11.3. The van der Waals surface area contributed by atoms with Crippen LogP contribution in [0.3, 0.4) is 0 Å². The number of benzene rings is 3. The molecule has 0 spiro atoms. The molecule has 5 aromatic rings. The van der Waals surface area contributed by atoms with Crippen LogP contribution in [0, 0.1) is 0 Å². The number of hydrogen-bond donors (Lipinski definition) is 1. The average Bonchev–Trinajstić information content (AvgIpc) is 3.16. The zero-order valence-corrected chi connectivity index (χ0v) is 17.9. The second-order valence-electron chi connectivity index (χ2n) is 7.48. The largest absolute Gasteiger partial charge is 0.380 e. The monoisotopic (exact) mass is 437 g/mol. The Morgan fingerprint density at radius 1 is 0.969 bits per heavy atom. The summed E-state index contributed by atoms with van der Waals surface area (Å²) in [5.74, 6) is 0.273. The topological polar surface area (TPSA) is 68.6 Å². The molecule has 0 unspecified atom stereocenters. The number of halogens is 1. The van der Waals surface area contributed by atoms with Gasteiger partial charge in [-0.05, 0) is 35.9 Å². The van der Waals surface area contributed by atoms with Crippen molar-refractivity contribution in [1.82, 2.24) is 9.55 Å². The Hall–Kier alpha value is -3.96. The van der Waals surface area contributed by atoms with Gasteiger partial charge in [-0.1, -0.05) is 66.2 Å². The van der Waals surface area contributed by atoms with Crippen LogP contribution in [0.4, 0.5) is 0 Å². The number of para-hydroxylation sites is 2. The van der Waals surface area contributed by atoms with E-state index in [4.69, 9.17) is 17.3 Å². The standard InChI is InChI=1S/C26H20ClN5/c27-21-8-5-6-18(14-21)16-32-17-20(22-9-2-4-11-25(22)32)15-29-31-26(28)24-13-12-19-7-1-3-10-23(19)30-24/h1-15,17H,16H2,(H2,28,31)/b29-15+. The molecular formula is C26H20ClN5. The molecule has 2 aromatic heterocycles. The Morgan fingerprint density at radius 2 is 1.81 bits per heavy atom. The summed E-state index contributed by atoms with van der Waals surface area (Å²) in [6.45, 7) is 0.710. The first-order valence-electron chi connectivity index (χ1n) is 10.2. The zero-order valence-electron chi connectivity index (χ0n) is 17.2. The summed E-state index contributed by atoms with van der Waals surface area (Å²) >= 11 is 6.15. The molecule has 0 aliphatic heterocycles. The van der Waals surface area contributed by atoms with Crippen LogP contribution >= 0.6 is 11.6 Å². The predicted octanol–water partition coefficient (Wildman–Crippen LogP) is 5.63. The summed E-state index contributed by atoms with van der Waals surface area (Å²) < 4.78 is 2.18. The van der Waals surface area contributed by atoms with Crippen molar-refractivity contribution in [2.75, 3.05) is 0 Å². The van der Waals surface area contributed by atoms with Gasteiger partial charge in [0.15, 0.2) is 5.84 Å². The molecule has 0 atom stereocenters. The molecule has 3 aromatic carbocycles. The highest BCUT2D eigenvalue weighted by atomic mass is 35.5. The molecule has 0 saturated carbocycles. The zero-order chi connectivity index (χ0) is 21.9. The Bertz CT molecular complexity index is 1480. The number of fused-ring (bicyclic) bond motifs is 2. The van der Waals surface area contributed by atoms with E-state index in [1.54, 1.807) is 6.21 Å². The lowest BCUT2D eigenvalue weighted by Gasteiger charge is -2.05. The first-order chi connectivity index (χ1) is 15.7. The molecule has 156 valence electrons. The maximum absolute atomic E-state index is 6.15. The summed E-state index contributed by atoms with van der Waals surface area (Å²) in [4.78, 5) is 4.56. The molecular weight excluding hydrogens is 418 g/mol. The second-order valence-corrected chi connectivity index (χ2v) is 7.91. The smallest absolute Gasteiger partial charge is 0.172 e. The SMILES string of the molecule is N/C(=N\N=C\c1cn(Cc2cccc(Cl)c2)c2ccccc12)c1ccc2ccccc2n1. The Labute approximate surface area is 190 Å². The first-order valence-corrected chi connectivity index (χ1v) is 10.6. The highest BCUT2D eigenvalue weighted by molar-refractivity contribution is 6.30. The fourth-order valence-electron chi connectivity index (χ4n) is 3.75. The molecule has 0 fully saturated rings. The van der Waals surface area contributed by atoms with Gasteiger partial charge >= 0.3 is 0 Å². The van der Waals surface area contributed by atoms with E-state index in [1.807, 2.05) is 66.7 Å². The van der Waals surface area contributed by atoms with E-state index in [1.165, 1.54) is 0 Å². The van der Waals surface area contributed by atoms with E-state index in [-0.39, 0.29) is 5.84 Å². The maximum Gasteiger partial charge on any atom is 0.172 e. The van der Waals surface area contributed by atoms with Gasteiger partial charge in [0.05, 0.1) is 11.7 Å². The molecule has 0 radical (unpaired) electrons. The molecule has 0 amide bonds. The predicted molar refractivity (Wildman–Crippen MR) is 133 cm³/mol. The second kappa shape index (κ2) is 8.65. The molecule has 2 heterocycles. The normalized spacial score (nSPS) is 12.2. The number of nitrogens with two attached hydrogens (primary N) is 1. The van der Waals surface area contributed by atoms with Gasteiger partial charge in [0.25, 0.3) is 0 Å². The molecule has 0 aliphatic rings. The third-order valence-corrected chi connectivity index (χ3v) is 5.52. The number of nitrogens with zero attached hydrogens (tertiary/aromatic N) is 4. The van der Waals surface area contributed by atoms with E-state index < -0.39 is 0 Å². The minimum atomic E-state index is 0.273. The Balaban J connectivity index is 1.44. The molecule has 2 N–H and O–H groups in total. The molecule has 5 nitrogen and oxygen atoms in total. The van der Waals surface area contributed by atoms with Gasteiger partial charge in [0, 0.05) is 39.6 Å². The van der Waals surface area contributed by atoms with Crippen LogP contribution in [0.5, 0.6) is 0 Å². The molecule has 0 aliphatic carbocycles. The van der Waals surface area contributed by atoms with Gasteiger partial charge in [0.1, 0.15) is 5.69 Å². The van der Waals surface area contributed by atoms with Crippen LogP contribution in [-0.4, -0.2) is 21.6 Å². The maximum atomic E-state index is 6.15. The number of aromatic nitrogens is 2. The van der Waals surface area contributed by atoms with Gasteiger partial charge in [-0.2, -0.15) is 5.10 Å². The van der Waals surface area contributed by atoms with E-state index in [0.717, 1.165) is 38.0 Å². The molecule has 32 heavy (non-hydrogen) atoms. The van der Waals surface area contributed by atoms with Gasteiger partial charge in [0.2, 0.25) is 0 Å². The number of pyridine rings is 1. The lowest BCUT2D eigenvalue weighted by atomic mass is 10.2. The van der Waals surface area contributed by atoms with Gasteiger partial charge in [-0.15, -0.1) is 5.10 Å². The van der Waals surface area contributed by atoms with Crippen molar-refractivity contribution in [2.45, 2.75) is 6.54 Å². The third kappa shape index (κ3) is 4.11. The summed E-state index contributed by atoms with van der Waals surface area (Å²) in [6.07, 6.45) is 3.79. The quantitative estimate of drug-likeness (QED) is 0.220. The van der Waals surface area contributed by atoms with Crippen LogP contribution in [0.2, 0.25) is 5.02 Å². The fraction of sp³-hybridized carbons (Fsp3) is 0.0385.